The summed E-state index contributed by atoms with van der Waals surface area (Å²) >= 11 is 0. The lowest BCUT2D eigenvalue weighted by Gasteiger charge is -2.31. The zero-order valence-corrected chi connectivity index (χ0v) is 15.4. The molecule has 0 atom stereocenters. The fraction of sp³-hybridized carbons (Fsp3) is 0.333. The van der Waals surface area contributed by atoms with Gasteiger partial charge in [0, 0.05) is 17.7 Å². The zero-order chi connectivity index (χ0) is 18.7. The zero-order valence-electron chi connectivity index (χ0n) is 14.6. The van der Waals surface area contributed by atoms with Gasteiger partial charge in [-0.2, -0.15) is 4.31 Å². The van der Waals surface area contributed by atoms with E-state index in [0.29, 0.717) is 31.1 Å². The third-order valence-corrected chi connectivity index (χ3v) is 6.60. The molecule has 7 nitrogen and oxygen atoms in total. The lowest BCUT2D eigenvalue weighted by atomic mass is 10.2. The van der Waals surface area contributed by atoms with E-state index >= 15 is 0 Å². The van der Waals surface area contributed by atoms with Gasteiger partial charge in [0.1, 0.15) is 6.54 Å². The summed E-state index contributed by atoms with van der Waals surface area (Å²) in [5, 5.41) is 10.7. The molecule has 2 aromatic rings. The molecule has 8 heteroatoms. The van der Waals surface area contributed by atoms with Crippen molar-refractivity contribution in [3.63, 3.8) is 0 Å². The number of aryl methyl sites for hydroxylation is 1. The molecule has 1 fully saturated rings. The van der Waals surface area contributed by atoms with Crippen LogP contribution in [0.25, 0.3) is 0 Å². The lowest BCUT2D eigenvalue weighted by Crippen LogP contribution is -3.13. The second-order valence-corrected chi connectivity index (χ2v) is 8.51. The molecule has 1 N–H and O–H groups in total. The molecule has 1 aliphatic heterocycles. The van der Waals surface area contributed by atoms with Gasteiger partial charge in [0.2, 0.25) is 10.0 Å². The molecule has 0 aromatic heterocycles. The van der Waals surface area contributed by atoms with Gasteiger partial charge in [0.25, 0.3) is 5.69 Å². The van der Waals surface area contributed by atoms with E-state index in [4.69, 9.17) is 0 Å². The summed E-state index contributed by atoms with van der Waals surface area (Å²) in [6, 6.07) is 13.5. The van der Waals surface area contributed by atoms with Crippen molar-refractivity contribution in [3.05, 3.63) is 69.8 Å². The van der Waals surface area contributed by atoms with E-state index in [1.165, 1.54) is 21.3 Å². The highest BCUT2D eigenvalue weighted by molar-refractivity contribution is 7.89. The smallest absolute Gasteiger partial charge is 0.269 e. The van der Waals surface area contributed by atoms with E-state index in [1.54, 1.807) is 24.3 Å². The molecule has 0 amide bonds. The summed E-state index contributed by atoms with van der Waals surface area (Å²) in [5.41, 5.74) is 2.12. The number of non-ortho nitro benzene ring substituents is 1. The fourth-order valence-corrected chi connectivity index (χ4v) is 4.54. The summed E-state index contributed by atoms with van der Waals surface area (Å²) in [7, 11) is -3.45. The Balaban J connectivity index is 1.60. The first-order valence-corrected chi connectivity index (χ1v) is 9.94. The average Bonchev–Trinajstić information content (AvgIpc) is 2.63. The van der Waals surface area contributed by atoms with Crippen LogP contribution in [0.15, 0.2) is 53.4 Å². The fourth-order valence-electron chi connectivity index (χ4n) is 3.10. The van der Waals surface area contributed by atoms with E-state index in [0.717, 1.165) is 17.7 Å². The third-order valence-electron chi connectivity index (χ3n) is 4.69. The minimum absolute atomic E-state index is 0.0813. The van der Waals surface area contributed by atoms with Gasteiger partial charge in [0.05, 0.1) is 36.0 Å². The van der Waals surface area contributed by atoms with Gasteiger partial charge in [-0.1, -0.05) is 17.7 Å². The highest BCUT2D eigenvalue weighted by Crippen LogP contribution is 2.16. The maximum absolute atomic E-state index is 12.7. The predicted octanol–water partition coefficient (Wildman–Crippen LogP) is 0.993. The number of sulfonamides is 1. The first kappa shape index (κ1) is 18.5. The minimum Gasteiger partial charge on any atom is -0.329 e. The maximum Gasteiger partial charge on any atom is 0.269 e. The van der Waals surface area contributed by atoms with Crippen molar-refractivity contribution in [2.45, 2.75) is 18.4 Å². The number of nitro groups is 1. The first-order chi connectivity index (χ1) is 12.4. The number of rotatable bonds is 5. The van der Waals surface area contributed by atoms with Crippen LogP contribution in [-0.2, 0) is 16.6 Å². The van der Waals surface area contributed by atoms with Gasteiger partial charge in [-0.15, -0.1) is 0 Å². The molecular formula is C18H22N3O4S+. The van der Waals surface area contributed by atoms with Gasteiger partial charge < -0.3 is 4.90 Å². The normalized spacial score (nSPS) is 16.5. The van der Waals surface area contributed by atoms with Crippen LogP contribution in [0.1, 0.15) is 11.1 Å². The summed E-state index contributed by atoms with van der Waals surface area (Å²) in [6.07, 6.45) is 0. The molecule has 1 saturated heterocycles. The number of nitrogens with zero attached hydrogens (tertiary/aromatic N) is 2. The van der Waals surface area contributed by atoms with Crippen molar-refractivity contribution in [1.82, 2.24) is 4.31 Å². The highest BCUT2D eigenvalue weighted by Gasteiger charge is 2.30. The van der Waals surface area contributed by atoms with E-state index in [-0.39, 0.29) is 5.69 Å². The molecule has 0 spiro atoms. The molecule has 1 heterocycles. The molecule has 0 bridgehead atoms. The summed E-state index contributed by atoms with van der Waals surface area (Å²) in [4.78, 5) is 11.9. The number of hydrogen-bond acceptors (Lipinski definition) is 4. The SMILES string of the molecule is Cc1ccc(S(=O)(=O)N2CC[NH+](Cc3ccc([N+](=O)[O-])cc3)CC2)cc1. The summed E-state index contributed by atoms with van der Waals surface area (Å²) in [5.74, 6) is 0. The van der Waals surface area contributed by atoms with Crippen molar-refractivity contribution in [3.8, 4) is 0 Å². The Morgan fingerprint density at radius 3 is 2.15 bits per heavy atom. The van der Waals surface area contributed by atoms with Gasteiger partial charge >= 0.3 is 0 Å². The largest absolute Gasteiger partial charge is 0.329 e. The topological polar surface area (TPSA) is 85.0 Å². The Bertz CT molecular complexity index is 872. The number of benzene rings is 2. The molecule has 0 aliphatic carbocycles. The van der Waals surface area contributed by atoms with Crippen LogP contribution >= 0.6 is 0 Å². The van der Waals surface area contributed by atoms with E-state index in [9.17, 15) is 18.5 Å². The second-order valence-electron chi connectivity index (χ2n) is 6.57. The van der Waals surface area contributed by atoms with Crippen LogP contribution in [0.5, 0.6) is 0 Å². The maximum atomic E-state index is 12.7. The van der Waals surface area contributed by atoms with Crippen molar-refractivity contribution < 1.29 is 18.2 Å². The molecule has 0 unspecified atom stereocenters. The van der Waals surface area contributed by atoms with Crippen molar-refractivity contribution >= 4 is 15.7 Å². The number of piperazine rings is 1. The first-order valence-electron chi connectivity index (χ1n) is 8.50. The number of nitrogens with one attached hydrogen (secondary N) is 1. The second kappa shape index (κ2) is 7.53. The number of quaternary nitrogens is 1. The molecule has 138 valence electrons. The molecular weight excluding hydrogens is 354 g/mol. The van der Waals surface area contributed by atoms with Gasteiger partial charge in [0.15, 0.2) is 0 Å². The van der Waals surface area contributed by atoms with Gasteiger partial charge in [-0.3, -0.25) is 10.1 Å². The van der Waals surface area contributed by atoms with Crippen LogP contribution in [0.3, 0.4) is 0 Å². The molecule has 26 heavy (non-hydrogen) atoms. The Hall–Kier alpha value is -2.29. The Kier molecular flexibility index (Phi) is 5.36. The Morgan fingerprint density at radius 2 is 1.62 bits per heavy atom. The van der Waals surface area contributed by atoms with E-state index in [2.05, 4.69) is 0 Å². The van der Waals surface area contributed by atoms with Crippen LogP contribution in [0, 0.1) is 17.0 Å². The van der Waals surface area contributed by atoms with Crippen molar-refractivity contribution in [2.75, 3.05) is 26.2 Å². The Labute approximate surface area is 153 Å². The molecule has 1 aliphatic rings. The summed E-state index contributed by atoms with van der Waals surface area (Å²) in [6.45, 7) is 5.02. The molecule has 0 radical (unpaired) electrons. The third kappa shape index (κ3) is 4.09. The van der Waals surface area contributed by atoms with Crippen LogP contribution < -0.4 is 4.90 Å². The van der Waals surface area contributed by atoms with Gasteiger partial charge in [-0.25, -0.2) is 8.42 Å². The molecule has 0 saturated carbocycles. The molecule has 3 rings (SSSR count). The van der Waals surface area contributed by atoms with Crippen molar-refractivity contribution in [1.29, 1.82) is 0 Å². The predicted molar refractivity (Wildman–Crippen MR) is 97.4 cm³/mol. The number of nitro benzene ring substituents is 1. The highest BCUT2D eigenvalue weighted by atomic mass is 32.2. The minimum atomic E-state index is -3.45. The standard InChI is InChI=1S/C18H21N3O4S/c1-15-2-8-18(9-3-15)26(24,25)20-12-10-19(11-13-20)14-16-4-6-17(7-5-16)21(22)23/h2-9H,10-14H2,1H3/p+1. The quantitative estimate of drug-likeness (QED) is 0.623. The van der Waals surface area contributed by atoms with Crippen molar-refractivity contribution in [2.24, 2.45) is 0 Å². The van der Waals surface area contributed by atoms with Crippen LogP contribution in [-0.4, -0.2) is 43.8 Å². The average molecular weight is 376 g/mol. The monoisotopic (exact) mass is 376 g/mol. The lowest BCUT2D eigenvalue weighted by molar-refractivity contribution is -0.917. The van der Waals surface area contributed by atoms with Crippen LogP contribution in [0.4, 0.5) is 5.69 Å². The number of hydrogen-bond donors (Lipinski definition) is 1. The van der Waals surface area contributed by atoms with Crippen LogP contribution in [0.2, 0.25) is 0 Å². The van der Waals surface area contributed by atoms with E-state index < -0.39 is 14.9 Å². The summed E-state index contributed by atoms with van der Waals surface area (Å²) < 4.78 is 27.0. The molecule has 2 aromatic carbocycles. The van der Waals surface area contributed by atoms with Gasteiger partial charge in [-0.05, 0) is 31.2 Å². The Morgan fingerprint density at radius 1 is 1.04 bits per heavy atom. The van der Waals surface area contributed by atoms with E-state index in [1.807, 2.05) is 19.1 Å².